The monoisotopic (exact) mass is 211 g/mol. The number of anilines is 1. The SMILES string of the molecule is CNc1cc(C=O)ccc1-c1ccccc1. The Labute approximate surface area is 94.9 Å². The third-order valence-corrected chi connectivity index (χ3v) is 2.53. The third-order valence-electron chi connectivity index (χ3n) is 2.53. The summed E-state index contributed by atoms with van der Waals surface area (Å²) in [4.78, 5) is 10.7. The number of benzene rings is 2. The summed E-state index contributed by atoms with van der Waals surface area (Å²) in [6.07, 6.45) is 0.857. The average molecular weight is 211 g/mol. The van der Waals surface area contributed by atoms with Crippen LogP contribution in [-0.2, 0) is 0 Å². The molecule has 0 amide bonds. The van der Waals surface area contributed by atoms with Gasteiger partial charge in [-0.1, -0.05) is 42.5 Å². The van der Waals surface area contributed by atoms with Gasteiger partial charge < -0.3 is 5.32 Å². The minimum atomic E-state index is 0.684. The van der Waals surface area contributed by atoms with E-state index in [9.17, 15) is 4.79 Å². The van der Waals surface area contributed by atoms with E-state index in [2.05, 4.69) is 17.4 Å². The van der Waals surface area contributed by atoms with Crippen LogP contribution in [0.1, 0.15) is 10.4 Å². The summed E-state index contributed by atoms with van der Waals surface area (Å²) in [5.41, 5.74) is 3.90. The molecule has 1 N–H and O–H groups in total. The molecule has 0 aromatic heterocycles. The van der Waals surface area contributed by atoms with E-state index in [1.165, 1.54) is 0 Å². The Morgan fingerprint density at radius 3 is 2.44 bits per heavy atom. The molecule has 0 fully saturated rings. The van der Waals surface area contributed by atoms with Gasteiger partial charge in [-0.15, -0.1) is 0 Å². The highest BCUT2D eigenvalue weighted by Gasteiger charge is 2.04. The lowest BCUT2D eigenvalue weighted by Gasteiger charge is -2.09. The molecule has 2 rings (SSSR count). The fraction of sp³-hybridized carbons (Fsp3) is 0.0714. The summed E-state index contributed by atoms with van der Waals surface area (Å²) in [6, 6.07) is 15.7. The Kier molecular flexibility index (Phi) is 3.01. The van der Waals surface area contributed by atoms with Gasteiger partial charge in [0.1, 0.15) is 6.29 Å². The van der Waals surface area contributed by atoms with E-state index in [1.807, 2.05) is 43.4 Å². The van der Waals surface area contributed by atoms with Crippen molar-refractivity contribution in [2.45, 2.75) is 0 Å². The van der Waals surface area contributed by atoms with E-state index in [1.54, 1.807) is 0 Å². The van der Waals surface area contributed by atoms with Gasteiger partial charge in [-0.05, 0) is 11.6 Å². The maximum Gasteiger partial charge on any atom is 0.150 e. The Morgan fingerprint density at radius 1 is 1.06 bits per heavy atom. The van der Waals surface area contributed by atoms with E-state index in [4.69, 9.17) is 0 Å². The van der Waals surface area contributed by atoms with Gasteiger partial charge in [-0.3, -0.25) is 4.79 Å². The normalized spacial score (nSPS) is 9.81. The molecule has 0 aliphatic rings. The molecule has 2 heteroatoms. The Morgan fingerprint density at radius 2 is 1.81 bits per heavy atom. The van der Waals surface area contributed by atoms with E-state index in [-0.39, 0.29) is 0 Å². The zero-order valence-corrected chi connectivity index (χ0v) is 9.10. The van der Waals surface area contributed by atoms with Crippen LogP contribution >= 0.6 is 0 Å². The molecule has 2 nitrogen and oxygen atoms in total. The van der Waals surface area contributed by atoms with Crippen molar-refractivity contribution in [2.75, 3.05) is 12.4 Å². The standard InChI is InChI=1S/C14H13NO/c1-15-14-9-11(10-16)7-8-13(14)12-5-3-2-4-6-12/h2-10,15H,1H3. The van der Waals surface area contributed by atoms with Gasteiger partial charge in [0.25, 0.3) is 0 Å². The molecule has 0 aliphatic carbocycles. The first-order chi connectivity index (χ1) is 7.85. The van der Waals surface area contributed by atoms with Crippen molar-refractivity contribution in [1.29, 1.82) is 0 Å². The van der Waals surface area contributed by atoms with Crippen LogP contribution in [0.5, 0.6) is 0 Å². The molecule has 0 unspecified atom stereocenters. The number of rotatable bonds is 3. The molecular weight excluding hydrogens is 198 g/mol. The fourth-order valence-corrected chi connectivity index (χ4v) is 1.71. The number of hydrogen-bond acceptors (Lipinski definition) is 2. The van der Waals surface area contributed by atoms with Gasteiger partial charge in [0.15, 0.2) is 0 Å². The number of carbonyl (C=O) groups excluding carboxylic acids is 1. The maximum atomic E-state index is 10.7. The van der Waals surface area contributed by atoms with Gasteiger partial charge in [0, 0.05) is 23.9 Å². The molecule has 0 atom stereocenters. The van der Waals surface area contributed by atoms with Crippen LogP contribution in [0.3, 0.4) is 0 Å². The number of aldehydes is 1. The lowest BCUT2D eigenvalue weighted by molar-refractivity contribution is 0.112. The Bertz CT molecular complexity index is 491. The predicted octanol–water partition coefficient (Wildman–Crippen LogP) is 3.21. The Balaban J connectivity index is 2.53. The average Bonchev–Trinajstić information content (AvgIpc) is 2.39. The zero-order chi connectivity index (χ0) is 11.4. The second-order valence-corrected chi connectivity index (χ2v) is 3.54. The first-order valence-corrected chi connectivity index (χ1v) is 5.17. The van der Waals surface area contributed by atoms with Crippen LogP contribution in [0.15, 0.2) is 48.5 Å². The van der Waals surface area contributed by atoms with Crippen LogP contribution in [0.4, 0.5) is 5.69 Å². The molecule has 0 aliphatic heterocycles. The van der Waals surface area contributed by atoms with Gasteiger partial charge in [-0.25, -0.2) is 0 Å². The predicted molar refractivity (Wildman–Crippen MR) is 66.8 cm³/mol. The van der Waals surface area contributed by atoms with Crippen LogP contribution < -0.4 is 5.32 Å². The van der Waals surface area contributed by atoms with Crippen molar-refractivity contribution in [2.24, 2.45) is 0 Å². The van der Waals surface area contributed by atoms with Crippen molar-refractivity contribution in [1.82, 2.24) is 0 Å². The lowest BCUT2D eigenvalue weighted by Crippen LogP contribution is -1.93. The first kappa shape index (κ1) is 10.4. The molecular formula is C14H13NO. The van der Waals surface area contributed by atoms with E-state index in [0.29, 0.717) is 5.56 Å². The van der Waals surface area contributed by atoms with Gasteiger partial charge in [0.05, 0.1) is 0 Å². The molecule has 0 spiro atoms. The number of nitrogens with one attached hydrogen (secondary N) is 1. The fourth-order valence-electron chi connectivity index (χ4n) is 1.71. The molecule has 0 saturated carbocycles. The maximum absolute atomic E-state index is 10.7. The van der Waals surface area contributed by atoms with Crippen LogP contribution in [0, 0.1) is 0 Å². The lowest BCUT2D eigenvalue weighted by atomic mass is 10.0. The quantitative estimate of drug-likeness (QED) is 0.790. The first-order valence-electron chi connectivity index (χ1n) is 5.17. The second kappa shape index (κ2) is 4.62. The van der Waals surface area contributed by atoms with E-state index < -0.39 is 0 Å². The second-order valence-electron chi connectivity index (χ2n) is 3.54. The summed E-state index contributed by atoms with van der Waals surface area (Å²) in [5.74, 6) is 0. The summed E-state index contributed by atoms with van der Waals surface area (Å²) in [7, 11) is 1.86. The molecule has 0 radical (unpaired) electrons. The van der Waals surface area contributed by atoms with Crippen molar-refractivity contribution in [3.8, 4) is 11.1 Å². The minimum Gasteiger partial charge on any atom is -0.388 e. The van der Waals surface area contributed by atoms with Crippen molar-refractivity contribution >= 4 is 12.0 Å². The zero-order valence-electron chi connectivity index (χ0n) is 9.10. The molecule has 16 heavy (non-hydrogen) atoms. The number of hydrogen-bond donors (Lipinski definition) is 1. The highest BCUT2D eigenvalue weighted by atomic mass is 16.1. The topological polar surface area (TPSA) is 29.1 Å². The summed E-state index contributed by atoms with van der Waals surface area (Å²) in [5, 5.41) is 3.11. The van der Waals surface area contributed by atoms with Crippen molar-refractivity contribution in [3.05, 3.63) is 54.1 Å². The van der Waals surface area contributed by atoms with Crippen LogP contribution in [-0.4, -0.2) is 13.3 Å². The molecule has 0 heterocycles. The summed E-state index contributed by atoms with van der Waals surface area (Å²) < 4.78 is 0. The smallest absolute Gasteiger partial charge is 0.150 e. The highest BCUT2D eigenvalue weighted by Crippen LogP contribution is 2.28. The number of carbonyl (C=O) groups is 1. The largest absolute Gasteiger partial charge is 0.388 e. The molecule has 2 aromatic carbocycles. The van der Waals surface area contributed by atoms with Gasteiger partial charge >= 0.3 is 0 Å². The molecule has 80 valence electrons. The minimum absolute atomic E-state index is 0.684. The summed E-state index contributed by atoms with van der Waals surface area (Å²) >= 11 is 0. The van der Waals surface area contributed by atoms with E-state index >= 15 is 0 Å². The molecule has 2 aromatic rings. The van der Waals surface area contributed by atoms with Crippen LogP contribution in [0.2, 0.25) is 0 Å². The molecule has 0 bridgehead atoms. The Hall–Kier alpha value is -2.09. The van der Waals surface area contributed by atoms with Crippen molar-refractivity contribution < 1.29 is 4.79 Å². The van der Waals surface area contributed by atoms with E-state index in [0.717, 1.165) is 23.1 Å². The molecule has 0 saturated heterocycles. The highest BCUT2D eigenvalue weighted by molar-refractivity contribution is 5.84. The van der Waals surface area contributed by atoms with Gasteiger partial charge in [0.2, 0.25) is 0 Å². The third kappa shape index (κ3) is 1.96. The van der Waals surface area contributed by atoms with Crippen LogP contribution in [0.25, 0.3) is 11.1 Å². The summed E-state index contributed by atoms with van der Waals surface area (Å²) in [6.45, 7) is 0. The van der Waals surface area contributed by atoms with Gasteiger partial charge in [-0.2, -0.15) is 0 Å². The van der Waals surface area contributed by atoms with Crippen molar-refractivity contribution in [3.63, 3.8) is 0 Å².